The number of carbonyl (C=O) groups is 2. The summed E-state index contributed by atoms with van der Waals surface area (Å²) in [7, 11) is 0. The highest BCUT2D eigenvalue weighted by molar-refractivity contribution is 8.00. The molecule has 2 amide bonds. The third kappa shape index (κ3) is 4.62. The highest BCUT2D eigenvalue weighted by Crippen LogP contribution is 2.25. The minimum atomic E-state index is -0.403. The number of primary amides is 1. The van der Waals surface area contributed by atoms with Gasteiger partial charge in [-0.25, -0.2) is 0 Å². The fraction of sp³-hybridized carbons (Fsp3) is 0.429. The lowest BCUT2D eigenvalue weighted by atomic mass is 10.0. The lowest BCUT2D eigenvalue weighted by Gasteiger charge is -2.36. The van der Waals surface area contributed by atoms with Crippen LogP contribution in [0.3, 0.4) is 0 Å². The standard InChI is InChI=1S/C14H18ClN3O2S/c15-11-3-1-2-10(6-11)12-7-17-4-5-18(12)14(20)9-21-8-13(16)19/h1-3,6,12,17H,4-5,7-9H2,(H2,16,19). The molecule has 0 bridgehead atoms. The molecule has 1 aliphatic heterocycles. The first-order valence-electron chi connectivity index (χ1n) is 6.69. The zero-order valence-electron chi connectivity index (χ0n) is 11.5. The van der Waals surface area contributed by atoms with Gasteiger partial charge in [-0.15, -0.1) is 11.8 Å². The first-order chi connectivity index (χ1) is 10.1. The molecule has 1 saturated heterocycles. The number of nitrogens with zero attached hydrogens (tertiary/aromatic N) is 1. The molecule has 1 unspecified atom stereocenters. The highest BCUT2D eigenvalue weighted by atomic mass is 35.5. The van der Waals surface area contributed by atoms with Gasteiger partial charge >= 0.3 is 0 Å². The van der Waals surface area contributed by atoms with E-state index in [0.717, 1.165) is 12.1 Å². The van der Waals surface area contributed by atoms with E-state index in [0.29, 0.717) is 18.1 Å². The van der Waals surface area contributed by atoms with Gasteiger partial charge in [0.15, 0.2) is 0 Å². The molecule has 1 heterocycles. The molecule has 114 valence electrons. The largest absolute Gasteiger partial charge is 0.369 e. The summed E-state index contributed by atoms with van der Waals surface area (Å²) < 4.78 is 0. The summed E-state index contributed by atoms with van der Waals surface area (Å²) in [5.74, 6) is 0.0480. The van der Waals surface area contributed by atoms with Crippen LogP contribution in [0.25, 0.3) is 0 Å². The molecule has 0 aromatic heterocycles. The summed E-state index contributed by atoms with van der Waals surface area (Å²) in [5.41, 5.74) is 6.10. The molecular weight excluding hydrogens is 310 g/mol. The van der Waals surface area contributed by atoms with Gasteiger partial charge < -0.3 is 16.0 Å². The highest BCUT2D eigenvalue weighted by Gasteiger charge is 2.27. The summed E-state index contributed by atoms with van der Waals surface area (Å²) in [6, 6.07) is 7.53. The van der Waals surface area contributed by atoms with Gasteiger partial charge in [-0.05, 0) is 17.7 Å². The molecule has 7 heteroatoms. The molecule has 1 aliphatic rings. The summed E-state index contributed by atoms with van der Waals surface area (Å²) in [5, 5.41) is 3.95. The second kappa shape index (κ2) is 7.68. The van der Waals surface area contributed by atoms with Crippen molar-refractivity contribution in [2.24, 2.45) is 5.73 Å². The predicted molar refractivity (Wildman–Crippen MR) is 85.3 cm³/mol. The summed E-state index contributed by atoms with van der Waals surface area (Å²) in [4.78, 5) is 24.9. The van der Waals surface area contributed by atoms with E-state index in [4.69, 9.17) is 17.3 Å². The van der Waals surface area contributed by atoms with Crippen LogP contribution in [-0.4, -0.2) is 47.9 Å². The average molecular weight is 328 g/mol. The molecule has 0 radical (unpaired) electrons. The maximum absolute atomic E-state index is 12.3. The van der Waals surface area contributed by atoms with Crippen molar-refractivity contribution >= 4 is 35.2 Å². The maximum Gasteiger partial charge on any atom is 0.233 e. The third-order valence-electron chi connectivity index (χ3n) is 3.27. The molecule has 1 fully saturated rings. The van der Waals surface area contributed by atoms with Crippen LogP contribution in [0.5, 0.6) is 0 Å². The number of thioether (sulfide) groups is 1. The molecule has 5 nitrogen and oxygen atoms in total. The van der Waals surface area contributed by atoms with Gasteiger partial charge in [0.1, 0.15) is 0 Å². The van der Waals surface area contributed by atoms with Gasteiger partial charge in [0.25, 0.3) is 0 Å². The number of carbonyl (C=O) groups excluding carboxylic acids is 2. The smallest absolute Gasteiger partial charge is 0.233 e. The number of piperazine rings is 1. The van der Waals surface area contributed by atoms with E-state index >= 15 is 0 Å². The van der Waals surface area contributed by atoms with Gasteiger partial charge in [-0.1, -0.05) is 23.7 Å². The minimum Gasteiger partial charge on any atom is -0.369 e. The van der Waals surface area contributed by atoms with Crippen molar-refractivity contribution < 1.29 is 9.59 Å². The number of benzene rings is 1. The number of halogens is 1. The number of hydrogen-bond donors (Lipinski definition) is 2. The van der Waals surface area contributed by atoms with Crippen LogP contribution in [-0.2, 0) is 9.59 Å². The number of rotatable bonds is 5. The molecule has 0 aliphatic carbocycles. The van der Waals surface area contributed by atoms with Crippen LogP contribution >= 0.6 is 23.4 Å². The molecule has 21 heavy (non-hydrogen) atoms. The van der Waals surface area contributed by atoms with Crippen molar-refractivity contribution in [1.29, 1.82) is 0 Å². The fourth-order valence-electron chi connectivity index (χ4n) is 2.34. The lowest BCUT2D eigenvalue weighted by Crippen LogP contribution is -2.49. The Morgan fingerprint density at radius 2 is 2.24 bits per heavy atom. The Balaban J connectivity index is 2.04. The SMILES string of the molecule is NC(=O)CSCC(=O)N1CCNCC1c1cccc(Cl)c1. The first kappa shape index (κ1) is 16.1. The van der Waals surface area contributed by atoms with Crippen molar-refractivity contribution in [3.05, 3.63) is 34.9 Å². The molecule has 1 atom stereocenters. The topological polar surface area (TPSA) is 75.4 Å². The monoisotopic (exact) mass is 327 g/mol. The summed E-state index contributed by atoms with van der Waals surface area (Å²) in [6.07, 6.45) is 0. The summed E-state index contributed by atoms with van der Waals surface area (Å²) >= 11 is 7.28. The number of nitrogens with two attached hydrogens (primary N) is 1. The van der Waals surface area contributed by atoms with Crippen LogP contribution in [0.15, 0.2) is 24.3 Å². The molecule has 0 spiro atoms. The second-order valence-corrected chi connectivity index (χ2v) is 6.24. The Morgan fingerprint density at radius 1 is 1.43 bits per heavy atom. The van der Waals surface area contributed by atoms with E-state index in [1.165, 1.54) is 11.8 Å². The predicted octanol–water partition coefficient (Wildman–Crippen LogP) is 1.03. The van der Waals surface area contributed by atoms with Crippen LogP contribution in [0.2, 0.25) is 5.02 Å². The molecule has 1 aromatic rings. The normalized spacial score (nSPS) is 18.5. The Kier molecular flexibility index (Phi) is 5.90. The second-order valence-electron chi connectivity index (χ2n) is 4.82. The van der Waals surface area contributed by atoms with Crippen molar-refractivity contribution in [1.82, 2.24) is 10.2 Å². The molecule has 3 N–H and O–H groups in total. The first-order valence-corrected chi connectivity index (χ1v) is 8.23. The average Bonchev–Trinajstić information content (AvgIpc) is 2.47. The zero-order chi connectivity index (χ0) is 15.2. The molecular formula is C14H18ClN3O2S. The van der Waals surface area contributed by atoms with Gasteiger partial charge in [-0.3, -0.25) is 9.59 Å². The Hall–Kier alpha value is -1.24. The van der Waals surface area contributed by atoms with E-state index in [1.807, 2.05) is 29.2 Å². The van der Waals surface area contributed by atoms with Crippen molar-refractivity contribution in [2.45, 2.75) is 6.04 Å². The van der Waals surface area contributed by atoms with E-state index in [9.17, 15) is 9.59 Å². The zero-order valence-corrected chi connectivity index (χ0v) is 13.1. The van der Waals surface area contributed by atoms with E-state index in [1.54, 1.807) is 0 Å². The Morgan fingerprint density at radius 3 is 2.95 bits per heavy atom. The summed E-state index contributed by atoms with van der Waals surface area (Å²) in [6.45, 7) is 2.11. The van der Waals surface area contributed by atoms with Crippen molar-refractivity contribution in [2.75, 3.05) is 31.1 Å². The number of nitrogens with one attached hydrogen (secondary N) is 1. The Bertz CT molecular complexity index is 527. The number of hydrogen-bond acceptors (Lipinski definition) is 4. The van der Waals surface area contributed by atoms with Crippen LogP contribution in [0, 0.1) is 0 Å². The van der Waals surface area contributed by atoms with Gasteiger partial charge in [0, 0.05) is 24.7 Å². The molecule has 0 saturated carbocycles. The quantitative estimate of drug-likeness (QED) is 0.847. The third-order valence-corrected chi connectivity index (χ3v) is 4.44. The Labute approximate surface area is 133 Å². The van der Waals surface area contributed by atoms with E-state index in [2.05, 4.69) is 5.32 Å². The van der Waals surface area contributed by atoms with Gasteiger partial charge in [-0.2, -0.15) is 0 Å². The van der Waals surface area contributed by atoms with Crippen molar-refractivity contribution in [3.63, 3.8) is 0 Å². The van der Waals surface area contributed by atoms with E-state index < -0.39 is 5.91 Å². The van der Waals surface area contributed by atoms with Crippen LogP contribution in [0.4, 0.5) is 0 Å². The van der Waals surface area contributed by atoms with Crippen LogP contribution < -0.4 is 11.1 Å². The van der Waals surface area contributed by atoms with Crippen LogP contribution in [0.1, 0.15) is 11.6 Å². The van der Waals surface area contributed by atoms with Crippen molar-refractivity contribution in [3.8, 4) is 0 Å². The molecule has 1 aromatic carbocycles. The van der Waals surface area contributed by atoms with E-state index in [-0.39, 0.29) is 23.5 Å². The number of amides is 2. The molecule has 2 rings (SSSR count). The maximum atomic E-state index is 12.3. The van der Waals surface area contributed by atoms with Gasteiger partial charge in [0.05, 0.1) is 17.5 Å². The minimum absolute atomic E-state index is 0.0210. The fourth-order valence-corrected chi connectivity index (χ4v) is 3.18. The van der Waals surface area contributed by atoms with Gasteiger partial charge in [0.2, 0.25) is 11.8 Å². The lowest BCUT2D eigenvalue weighted by molar-refractivity contribution is -0.131.